The molecule has 0 aliphatic heterocycles. The van der Waals surface area contributed by atoms with Crippen molar-refractivity contribution in [1.82, 2.24) is 5.32 Å². The van der Waals surface area contributed by atoms with Gasteiger partial charge in [0.05, 0.1) is 5.41 Å². The van der Waals surface area contributed by atoms with E-state index in [9.17, 15) is 4.79 Å². The van der Waals surface area contributed by atoms with Crippen LogP contribution in [0.5, 0.6) is 0 Å². The van der Waals surface area contributed by atoms with Gasteiger partial charge in [-0.05, 0) is 50.7 Å². The molecule has 0 bridgehead atoms. The zero-order valence-corrected chi connectivity index (χ0v) is 12.7. The standard InChI is InChI=1S/C13H17ClN2O2S/c1-8-4-5-9(14)6-10(8)16-12(19)15-7-13(2,3)11(17)18/h4-6H,7H2,1-3H3,(H,17,18)(H2,15,16,19). The summed E-state index contributed by atoms with van der Waals surface area (Å²) in [5, 5.41) is 15.9. The normalized spacial score (nSPS) is 10.9. The van der Waals surface area contributed by atoms with Gasteiger partial charge in [-0.15, -0.1) is 0 Å². The van der Waals surface area contributed by atoms with E-state index in [1.54, 1.807) is 26.0 Å². The number of aliphatic carboxylic acids is 1. The lowest BCUT2D eigenvalue weighted by atomic mass is 9.94. The van der Waals surface area contributed by atoms with Crippen LogP contribution in [0.4, 0.5) is 5.69 Å². The van der Waals surface area contributed by atoms with E-state index in [1.165, 1.54) is 0 Å². The number of thiocarbonyl (C=S) groups is 1. The summed E-state index contributed by atoms with van der Waals surface area (Å²) in [6.07, 6.45) is 0. The third kappa shape index (κ3) is 4.69. The molecular formula is C13H17ClN2O2S. The molecule has 1 aromatic carbocycles. The first-order valence-corrected chi connectivity index (χ1v) is 6.55. The number of aryl methyl sites for hydroxylation is 1. The molecule has 1 rings (SSSR count). The molecule has 0 aliphatic carbocycles. The highest BCUT2D eigenvalue weighted by atomic mass is 35.5. The van der Waals surface area contributed by atoms with Crippen molar-refractivity contribution >= 4 is 40.6 Å². The van der Waals surface area contributed by atoms with Crippen LogP contribution in [0, 0.1) is 12.3 Å². The number of rotatable bonds is 4. The lowest BCUT2D eigenvalue weighted by molar-refractivity contribution is -0.146. The average molecular weight is 301 g/mol. The minimum Gasteiger partial charge on any atom is -0.481 e. The summed E-state index contributed by atoms with van der Waals surface area (Å²) < 4.78 is 0. The Bertz CT molecular complexity index is 503. The number of carboxylic acids is 1. The number of carboxylic acid groups (broad SMARTS) is 1. The van der Waals surface area contributed by atoms with Gasteiger partial charge in [-0.2, -0.15) is 0 Å². The second-order valence-electron chi connectivity index (χ2n) is 4.96. The fourth-order valence-corrected chi connectivity index (χ4v) is 1.63. The first-order chi connectivity index (χ1) is 8.72. The van der Waals surface area contributed by atoms with Gasteiger partial charge < -0.3 is 15.7 Å². The van der Waals surface area contributed by atoms with E-state index >= 15 is 0 Å². The Morgan fingerprint density at radius 1 is 1.47 bits per heavy atom. The van der Waals surface area contributed by atoms with E-state index in [2.05, 4.69) is 10.6 Å². The molecule has 0 aliphatic rings. The van der Waals surface area contributed by atoms with Crippen molar-refractivity contribution in [3.8, 4) is 0 Å². The Morgan fingerprint density at radius 3 is 2.68 bits per heavy atom. The van der Waals surface area contributed by atoms with Crippen molar-refractivity contribution in [3.63, 3.8) is 0 Å². The summed E-state index contributed by atoms with van der Waals surface area (Å²) in [6, 6.07) is 5.45. The van der Waals surface area contributed by atoms with Crippen molar-refractivity contribution in [2.45, 2.75) is 20.8 Å². The van der Waals surface area contributed by atoms with Crippen molar-refractivity contribution in [2.24, 2.45) is 5.41 Å². The van der Waals surface area contributed by atoms with Crippen LogP contribution in [0.3, 0.4) is 0 Å². The topological polar surface area (TPSA) is 61.4 Å². The molecule has 0 saturated carbocycles. The molecule has 19 heavy (non-hydrogen) atoms. The monoisotopic (exact) mass is 300 g/mol. The molecule has 0 radical (unpaired) electrons. The van der Waals surface area contributed by atoms with Crippen molar-refractivity contribution < 1.29 is 9.90 Å². The number of hydrogen-bond acceptors (Lipinski definition) is 2. The van der Waals surface area contributed by atoms with E-state index < -0.39 is 11.4 Å². The summed E-state index contributed by atoms with van der Waals surface area (Å²) in [7, 11) is 0. The summed E-state index contributed by atoms with van der Waals surface area (Å²) in [5.74, 6) is -0.873. The highest BCUT2D eigenvalue weighted by Gasteiger charge is 2.26. The Hall–Kier alpha value is -1.33. The first-order valence-electron chi connectivity index (χ1n) is 5.77. The summed E-state index contributed by atoms with van der Waals surface area (Å²) in [5.41, 5.74) is 0.930. The largest absolute Gasteiger partial charge is 0.481 e. The maximum absolute atomic E-state index is 11.0. The van der Waals surface area contributed by atoms with Crippen LogP contribution >= 0.6 is 23.8 Å². The van der Waals surface area contributed by atoms with Crippen molar-refractivity contribution in [1.29, 1.82) is 0 Å². The van der Waals surface area contributed by atoms with E-state index in [0.717, 1.165) is 11.3 Å². The minimum atomic E-state index is -0.880. The maximum atomic E-state index is 11.0. The molecular weight excluding hydrogens is 284 g/mol. The number of hydrogen-bond donors (Lipinski definition) is 3. The SMILES string of the molecule is Cc1ccc(Cl)cc1NC(=S)NCC(C)(C)C(=O)O. The van der Waals surface area contributed by atoms with E-state index in [1.807, 2.05) is 13.0 Å². The first kappa shape index (κ1) is 15.7. The third-order valence-corrected chi connectivity index (χ3v) is 3.20. The highest BCUT2D eigenvalue weighted by Crippen LogP contribution is 2.20. The number of carbonyl (C=O) groups is 1. The van der Waals surface area contributed by atoms with E-state index in [-0.39, 0.29) is 6.54 Å². The molecule has 0 unspecified atom stereocenters. The van der Waals surface area contributed by atoms with Crippen LogP contribution in [0.15, 0.2) is 18.2 Å². The minimum absolute atomic E-state index is 0.244. The lowest BCUT2D eigenvalue weighted by Crippen LogP contribution is -2.40. The Balaban J connectivity index is 2.61. The molecule has 4 nitrogen and oxygen atoms in total. The van der Waals surface area contributed by atoms with Gasteiger partial charge in [0.1, 0.15) is 0 Å². The average Bonchev–Trinajstić information content (AvgIpc) is 2.31. The molecule has 104 valence electrons. The van der Waals surface area contributed by atoms with Crippen LogP contribution in [-0.2, 0) is 4.79 Å². The van der Waals surface area contributed by atoms with Gasteiger partial charge in [0, 0.05) is 17.3 Å². The van der Waals surface area contributed by atoms with Gasteiger partial charge in [-0.25, -0.2) is 0 Å². The lowest BCUT2D eigenvalue weighted by Gasteiger charge is -2.21. The van der Waals surface area contributed by atoms with Crippen molar-refractivity contribution in [3.05, 3.63) is 28.8 Å². The summed E-state index contributed by atoms with van der Waals surface area (Å²) in [4.78, 5) is 11.0. The molecule has 3 N–H and O–H groups in total. The fraction of sp³-hybridized carbons (Fsp3) is 0.385. The molecule has 0 saturated heterocycles. The number of anilines is 1. The van der Waals surface area contributed by atoms with Gasteiger partial charge >= 0.3 is 5.97 Å². The fourth-order valence-electron chi connectivity index (χ4n) is 1.27. The van der Waals surface area contributed by atoms with Crippen LogP contribution in [0.25, 0.3) is 0 Å². The zero-order valence-electron chi connectivity index (χ0n) is 11.1. The van der Waals surface area contributed by atoms with Crippen LogP contribution in [0.1, 0.15) is 19.4 Å². The Labute approximate surface area is 123 Å². The molecule has 0 aromatic heterocycles. The number of nitrogens with one attached hydrogen (secondary N) is 2. The second-order valence-corrected chi connectivity index (χ2v) is 5.80. The van der Waals surface area contributed by atoms with Gasteiger partial charge in [0.2, 0.25) is 0 Å². The summed E-state index contributed by atoms with van der Waals surface area (Å²) in [6.45, 7) is 5.45. The smallest absolute Gasteiger partial charge is 0.310 e. The quantitative estimate of drug-likeness (QED) is 0.746. The predicted octanol–water partition coefficient (Wildman–Crippen LogP) is 3.05. The van der Waals surface area contributed by atoms with Crippen LogP contribution in [0.2, 0.25) is 5.02 Å². The molecule has 6 heteroatoms. The highest BCUT2D eigenvalue weighted by molar-refractivity contribution is 7.80. The predicted molar refractivity (Wildman–Crippen MR) is 81.8 cm³/mol. The molecule has 0 fully saturated rings. The second kappa shape index (κ2) is 6.21. The molecule has 0 spiro atoms. The maximum Gasteiger partial charge on any atom is 0.310 e. The van der Waals surface area contributed by atoms with Gasteiger partial charge in [-0.3, -0.25) is 4.79 Å². The van der Waals surface area contributed by atoms with Crippen molar-refractivity contribution in [2.75, 3.05) is 11.9 Å². The zero-order chi connectivity index (χ0) is 14.6. The number of halogens is 1. The Morgan fingerprint density at radius 2 is 2.11 bits per heavy atom. The number of benzene rings is 1. The third-order valence-electron chi connectivity index (χ3n) is 2.72. The van der Waals surface area contributed by atoms with Crippen LogP contribution < -0.4 is 10.6 Å². The van der Waals surface area contributed by atoms with E-state index in [4.69, 9.17) is 28.9 Å². The Kier molecular flexibility index (Phi) is 5.14. The van der Waals surface area contributed by atoms with Gasteiger partial charge in [0.15, 0.2) is 5.11 Å². The van der Waals surface area contributed by atoms with E-state index in [0.29, 0.717) is 10.1 Å². The summed E-state index contributed by atoms with van der Waals surface area (Å²) >= 11 is 11.0. The molecule has 1 aromatic rings. The van der Waals surface area contributed by atoms with Crippen LogP contribution in [-0.4, -0.2) is 22.7 Å². The van der Waals surface area contributed by atoms with Gasteiger partial charge in [-0.1, -0.05) is 17.7 Å². The molecule has 0 amide bonds. The molecule has 0 heterocycles. The van der Waals surface area contributed by atoms with Gasteiger partial charge in [0.25, 0.3) is 0 Å². The molecule has 0 atom stereocenters.